The van der Waals surface area contributed by atoms with Crippen molar-refractivity contribution in [3.63, 3.8) is 0 Å². The van der Waals surface area contributed by atoms with Gasteiger partial charge in [-0.05, 0) is 34.8 Å². The molecule has 1 aliphatic rings. The summed E-state index contributed by atoms with van der Waals surface area (Å²) in [7, 11) is 0. The zero-order chi connectivity index (χ0) is 10.8. The molecule has 1 aromatic heterocycles. The van der Waals surface area contributed by atoms with E-state index in [-0.39, 0.29) is 5.91 Å². The van der Waals surface area contributed by atoms with E-state index in [9.17, 15) is 4.79 Å². The summed E-state index contributed by atoms with van der Waals surface area (Å²) in [5.41, 5.74) is 1.66. The van der Waals surface area contributed by atoms with Crippen LogP contribution in [-0.4, -0.2) is 16.9 Å². The molecule has 2 rings (SSSR count). The predicted molar refractivity (Wildman–Crippen MR) is 62.9 cm³/mol. The number of hydrogen-bond donors (Lipinski definition) is 2. The molecule has 2 N–H and O–H groups in total. The van der Waals surface area contributed by atoms with E-state index in [1.807, 2.05) is 6.07 Å². The lowest BCUT2D eigenvalue weighted by molar-refractivity contribution is -0.114. The molecule has 1 fully saturated rings. The Morgan fingerprint density at radius 2 is 2.27 bits per heavy atom. The number of pyridine rings is 1. The number of amides is 1. The van der Waals surface area contributed by atoms with Gasteiger partial charge in [0.25, 0.3) is 0 Å². The SMILES string of the molecule is CC(=O)Nc1cnc(Br)cc1NC1CC1. The van der Waals surface area contributed by atoms with Gasteiger partial charge in [-0.2, -0.15) is 0 Å². The molecule has 0 radical (unpaired) electrons. The van der Waals surface area contributed by atoms with Gasteiger partial charge in [-0.15, -0.1) is 0 Å². The molecule has 0 unspecified atom stereocenters. The first-order chi connectivity index (χ1) is 7.15. The van der Waals surface area contributed by atoms with Gasteiger partial charge in [0.05, 0.1) is 17.6 Å². The minimum absolute atomic E-state index is 0.0852. The molecule has 1 aromatic rings. The average molecular weight is 270 g/mol. The summed E-state index contributed by atoms with van der Waals surface area (Å²) in [5.74, 6) is -0.0852. The standard InChI is InChI=1S/C10H12BrN3O/c1-6(15)13-9-5-12-10(11)4-8(9)14-7-2-3-7/h4-5,7H,2-3H2,1H3,(H,12,14)(H,13,15). The Labute approximate surface area is 96.6 Å². The van der Waals surface area contributed by atoms with Crippen LogP contribution in [0.4, 0.5) is 11.4 Å². The first kappa shape index (κ1) is 10.4. The lowest BCUT2D eigenvalue weighted by atomic mass is 10.3. The average Bonchev–Trinajstić information content (AvgIpc) is 2.93. The Bertz CT molecular complexity index is 390. The van der Waals surface area contributed by atoms with Crippen molar-refractivity contribution in [3.05, 3.63) is 16.9 Å². The van der Waals surface area contributed by atoms with E-state index < -0.39 is 0 Å². The Hall–Kier alpha value is -1.10. The van der Waals surface area contributed by atoms with Crippen molar-refractivity contribution in [1.29, 1.82) is 0 Å². The van der Waals surface area contributed by atoms with Crippen LogP contribution < -0.4 is 10.6 Å². The minimum atomic E-state index is -0.0852. The van der Waals surface area contributed by atoms with Crippen molar-refractivity contribution in [2.24, 2.45) is 0 Å². The minimum Gasteiger partial charge on any atom is -0.381 e. The molecule has 0 bridgehead atoms. The molecule has 0 aromatic carbocycles. The van der Waals surface area contributed by atoms with E-state index in [1.165, 1.54) is 19.8 Å². The maximum Gasteiger partial charge on any atom is 0.221 e. The fourth-order valence-corrected chi connectivity index (χ4v) is 1.62. The molecular formula is C10H12BrN3O. The molecule has 5 heteroatoms. The van der Waals surface area contributed by atoms with Crippen LogP contribution in [0.25, 0.3) is 0 Å². The van der Waals surface area contributed by atoms with E-state index in [1.54, 1.807) is 6.20 Å². The first-order valence-electron chi connectivity index (χ1n) is 4.85. The van der Waals surface area contributed by atoms with E-state index in [4.69, 9.17) is 0 Å². The number of nitrogens with zero attached hydrogens (tertiary/aromatic N) is 1. The van der Waals surface area contributed by atoms with Crippen LogP contribution in [0, 0.1) is 0 Å². The van der Waals surface area contributed by atoms with E-state index >= 15 is 0 Å². The fourth-order valence-electron chi connectivity index (χ4n) is 1.29. The molecule has 0 saturated heterocycles. The molecule has 0 atom stereocenters. The van der Waals surface area contributed by atoms with E-state index in [2.05, 4.69) is 31.5 Å². The zero-order valence-corrected chi connectivity index (χ0v) is 9.97. The number of carbonyl (C=O) groups is 1. The van der Waals surface area contributed by atoms with Crippen molar-refractivity contribution in [2.45, 2.75) is 25.8 Å². The second kappa shape index (κ2) is 4.18. The Kier molecular flexibility index (Phi) is 2.90. The molecule has 0 aliphatic heterocycles. The zero-order valence-electron chi connectivity index (χ0n) is 8.38. The predicted octanol–water partition coefficient (Wildman–Crippen LogP) is 2.38. The van der Waals surface area contributed by atoms with Crippen LogP contribution in [0.3, 0.4) is 0 Å². The molecule has 1 heterocycles. The quantitative estimate of drug-likeness (QED) is 0.829. The Morgan fingerprint density at radius 3 is 2.87 bits per heavy atom. The Balaban J connectivity index is 2.21. The molecule has 4 nitrogen and oxygen atoms in total. The summed E-state index contributed by atoms with van der Waals surface area (Å²) in [6.07, 6.45) is 4.04. The van der Waals surface area contributed by atoms with Crippen LogP contribution >= 0.6 is 15.9 Å². The first-order valence-corrected chi connectivity index (χ1v) is 5.64. The van der Waals surface area contributed by atoms with Crippen LogP contribution in [0.2, 0.25) is 0 Å². The smallest absolute Gasteiger partial charge is 0.221 e. The van der Waals surface area contributed by atoms with Gasteiger partial charge in [0.15, 0.2) is 0 Å². The summed E-state index contributed by atoms with van der Waals surface area (Å²) >= 11 is 3.31. The van der Waals surface area contributed by atoms with Crippen molar-refractivity contribution in [1.82, 2.24) is 4.98 Å². The van der Waals surface area contributed by atoms with Gasteiger partial charge >= 0.3 is 0 Å². The Morgan fingerprint density at radius 1 is 1.53 bits per heavy atom. The largest absolute Gasteiger partial charge is 0.381 e. The molecular weight excluding hydrogens is 258 g/mol. The van der Waals surface area contributed by atoms with Crippen molar-refractivity contribution < 1.29 is 4.79 Å². The third kappa shape index (κ3) is 2.92. The molecule has 15 heavy (non-hydrogen) atoms. The second-order valence-corrected chi connectivity index (χ2v) is 4.46. The summed E-state index contributed by atoms with van der Waals surface area (Å²) in [5, 5.41) is 6.09. The maximum absolute atomic E-state index is 11.0. The van der Waals surface area contributed by atoms with Crippen molar-refractivity contribution in [3.8, 4) is 0 Å². The molecule has 1 saturated carbocycles. The molecule has 1 aliphatic carbocycles. The number of hydrogen-bond acceptors (Lipinski definition) is 3. The second-order valence-electron chi connectivity index (χ2n) is 3.65. The fraction of sp³-hybridized carbons (Fsp3) is 0.400. The van der Waals surface area contributed by atoms with Gasteiger partial charge in [-0.1, -0.05) is 0 Å². The number of nitrogens with one attached hydrogen (secondary N) is 2. The van der Waals surface area contributed by atoms with Gasteiger partial charge in [-0.3, -0.25) is 4.79 Å². The normalized spacial score (nSPS) is 14.8. The van der Waals surface area contributed by atoms with Crippen LogP contribution in [0.5, 0.6) is 0 Å². The summed E-state index contributed by atoms with van der Waals surface area (Å²) < 4.78 is 0.764. The lowest BCUT2D eigenvalue weighted by Gasteiger charge is -2.11. The van der Waals surface area contributed by atoms with E-state index in [0.717, 1.165) is 16.0 Å². The number of rotatable bonds is 3. The van der Waals surface area contributed by atoms with Crippen molar-refractivity contribution >= 4 is 33.2 Å². The van der Waals surface area contributed by atoms with Crippen LogP contribution in [0.1, 0.15) is 19.8 Å². The van der Waals surface area contributed by atoms with Gasteiger partial charge < -0.3 is 10.6 Å². The number of halogens is 1. The monoisotopic (exact) mass is 269 g/mol. The van der Waals surface area contributed by atoms with Gasteiger partial charge in [-0.25, -0.2) is 4.98 Å². The van der Waals surface area contributed by atoms with Crippen molar-refractivity contribution in [2.75, 3.05) is 10.6 Å². The number of anilines is 2. The maximum atomic E-state index is 11.0. The summed E-state index contributed by atoms with van der Waals surface area (Å²) in [6.45, 7) is 1.49. The van der Waals surface area contributed by atoms with Gasteiger partial charge in [0.2, 0.25) is 5.91 Å². The highest BCUT2D eigenvalue weighted by Crippen LogP contribution is 2.30. The van der Waals surface area contributed by atoms with E-state index in [0.29, 0.717) is 6.04 Å². The van der Waals surface area contributed by atoms with Crippen LogP contribution in [-0.2, 0) is 4.79 Å². The molecule has 1 amide bonds. The highest BCUT2D eigenvalue weighted by atomic mass is 79.9. The third-order valence-corrected chi connectivity index (χ3v) is 2.55. The number of aromatic nitrogens is 1. The molecule has 0 spiro atoms. The topological polar surface area (TPSA) is 54.0 Å². The number of carbonyl (C=O) groups excluding carboxylic acids is 1. The lowest BCUT2D eigenvalue weighted by Crippen LogP contribution is -2.10. The highest BCUT2D eigenvalue weighted by molar-refractivity contribution is 9.10. The van der Waals surface area contributed by atoms with Crippen LogP contribution in [0.15, 0.2) is 16.9 Å². The molecule has 80 valence electrons. The highest BCUT2D eigenvalue weighted by Gasteiger charge is 2.22. The van der Waals surface area contributed by atoms with Gasteiger partial charge in [0.1, 0.15) is 4.60 Å². The summed E-state index contributed by atoms with van der Waals surface area (Å²) in [4.78, 5) is 15.1. The summed E-state index contributed by atoms with van der Waals surface area (Å²) in [6, 6.07) is 2.43. The van der Waals surface area contributed by atoms with Gasteiger partial charge in [0, 0.05) is 13.0 Å². The third-order valence-electron chi connectivity index (χ3n) is 2.12.